The lowest BCUT2D eigenvalue weighted by molar-refractivity contribution is -0.180. The molecule has 0 aliphatic carbocycles. The van der Waals surface area contributed by atoms with Crippen LogP contribution < -0.4 is 9.47 Å². The van der Waals surface area contributed by atoms with E-state index in [1.54, 1.807) is 4.90 Å². The summed E-state index contributed by atoms with van der Waals surface area (Å²) in [6, 6.07) is 13.5. The normalized spacial score (nSPS) is 18.8. The molecule has 2 aliphatic heterocycles. The molecule has 1 saturated heterocycles. The smallest absolute Gasteiger partial charge is 0.410 e. The quantitative estimate of drug-likeness (QED) is 0.439. The lowest BCUT2D eigenvalue weighted by atomic mass is 10.0. The fourth-order valence-electron chi connectivity index (χ4n) is 3.78. The minimum absolute atomic E-state index is 0.220. The SMILES string of the molecule is CC(=O)OCCOc1ccc(CCN2CC(c3ccc4c(c3)COC(C)(C)O4)OC2=O)cc1. The first kappa shape index (κ1) is 22.9. The molecule has 0 N–H and O–H groups in total. The van der Waals surface area contributed by atoms with Crippen molar-refractivity contribution in [3.05, 3.63) is 59.2 Å². The molecule has 176 valence electrons. The number of carbonyl (C=O) groups is 2. The van der Waals surface area contributed by atoms with Crippen LogP contribution in [-0.4, -0.2) is 49.1 Å². The molecule has 1 fully saturated rings. The van der Waals surface area contributed by atoms with Crippen molar-refractivity contribution in [1.82, 2.24) is 4.90 Å². The molecule has 0 bridgehead atoms. The van der Waals surface area contributed by atoms with E-state index in [1.807, 2.05) is 56.3 Å². The Morgan fingerprint density at radius 2 is 1.94 bits per heavy atom. The molecule has 8 heteroatoms. The number of benzene rings is 2. The first-order valence-corrected chi connectivity index (χ1v) is 11.1. The summed E-state index contributed by atoms with van der Waals surface area (Å²) < 4.78 is 27.6. The molecular weight excluding hydrogens is 426 g/mol. The summed E-state index contributed by atoms with van der Waals surface area (Å²) in [5.41, 5.74) is 2.98. The molecule has 1 unspecified atom stereocenters. The number of hydrogen-bond donors (Lipinski definition) is 0. The van der Waals surface area contributed by atoms with Crippen LogP contribution in [0.4, 0.5) is 4.79 Å². The lowest BCUT2D eigenvalue weighted by Crippen LogP contribution is -2.35. The first-order valence-electron chi connectivity index (χ1n) is 11.1. The van der Waals surface area contributed by atoms with E-state index in [1.165, 1.54) is 6.92 Å². The van der Waals surface area contributed by atoms with Gasteiger partial charge in [0.25, 0.3) is 0 Å². The molecule has 1 amide bonds. The molecule has 0 aromatic heterocycles. The number of cyclic esters (lactones) is 1. The Balaban J connectivity index is 1.27. The third-order valence-electron chi connectivity index (χ3n) is 5.53. The second-order valence-electron chi connectivity index (χ2n) is 8.56. The second-order valence-corrected chi connectivity index (χ2v) is 8.56. The Morgan fingerprint density at radius 3 is 2.70 bits per heavy atom. The molecule has 0 saturated carbocycles. The van der Waals surface area contributed by atoms with Gasteiger partial charge in [-0.1, -0.05) is 18.2 Å². The summed E-state index contributed by atoms with van der Waals surface area (Å²) in [4.78, 5) is 24.9. The Kier molecular flexibility index (Phi) is 6.74. The third kappa shape index (κ3) is 5.96. The van der Waals surface area contributed by atoms with Gasteiger partial charge in [-0.3, -0.25) is 4.79 Å². The molecule has 2 aliphatic rings. The number of hydrogen-bond acceptors (Lipinski definition) is 7. The van der Waals surface area contributed by atoms with Gasteiger partial charge in [0.1, 0.15) is 30.8 Å². The molecule has 0 radical (unpaired) electrons. The van der Waals surface area contributed by atoms with E-state index in [0.29, 0.717) is 38.5 Å². The van der Waals surface area contributed by atoms with E-state index in [2.05, 4.69) is 0 Å². The van der Waals surface area contributed by atoms with Crippen molar-refractivity contribution in [1.29, 1.82) is 0 Å². The summed E-state index contributed by atoms with van der Waals surface area (Å²) in [6.07, 6.45) is 0.0822. The van der Waals surface area contributed by atoms with Crippen LogP contribution in [0.15, 0.2) is 42.5 Å². The number of carbonyl (C=O) groups excluding carboxylic acids is 2. The van der Waals surface area contributed by atoms with Crippen LogP contribution >= 0.6 is 0 Å². The Labute approximate surface area is 193 Å². The third-order valence-corrected chi connectivity index (χ3v) is 5.53. The molecule has 8 nitrogen and oxygen atoms in total. The summed E-state index contributed by atoms with van der Waals surface area (Å²) in [5.74, 6) is 0.542. The van der Waals surface area contributed by atoms with E-state index in [-0.39, 0.29) is 24.8 Å². The van der Waals surface area contributed by atoms with Gasteiger partial charge in [-0.25, -0.2) is 4.79 Å². The van der Waals surface area contributed by atoms with E-state index in [0.717, 1.165) is 22.4 Å². The number of esters is 1. The van der Waals surface area contributed by atoms with Crippen molar-refractivity contribution < 1.29 is 33.3 Å². The fourth-order valence-corrected chi connectivity index (χ4v) is 3.78. The lowest BCUT2D eigenvalue weighted by Gasteiger charge is -2.32. The van der Waals surface area contributed by atoms with E-state index in [4.69, 9.17) is 23.7 Å². The van der Waals surface area contributed by atoms with Gasteiger partial charge < -0.3 is 28.6 Å². The van der Waals surface area contributed by atoms with Crippen LogP contribution in [0.3, 0.4) is 0 Å². The van der Waals surface area contributed by atoms with Gasteiger partial charge in [0.15, 0.2) is 0 Å². The molecule has 2 heterocycles. The van der Waals surface area contributed by atoms with Crippen LogP contribution in [0.2, 0.25) is 0 Å². The minimum Gasteiger partial charge on any atom is -0.490 e. The van der Waals surface area contributed by atoms with Gasteiger partial charge in [0.2, 0.25) is 5.79 Å². The largest absolute Gasteiger partial charge is 0.490 e. The van der Waals surface area contributed by atoms with E-state index < -0.39 is 5.79 Å². The van der Waals surface area contributed by atoms with Crippen molar-refractivity contribution in [2.24, 2.45) is 0 Å². The summed E-state index contributed by atoms with van der Waals surface area (Å²) in [6.45, 7) is 7.18. The summed E-state index contributed by atoms with van der Waals surface area (Å²) in [5, 5.41) is 0. The Morgan fingerprint density at radius 1 is 1.15 bits per heavy atom. The van der Waals surface area contributed by atoms with E-state index >= 15 is 0 Å². The van der Waals surface area contributed by atoms with Gasteiger partial charge in [-0.15, -0.1) is 0 Å². The van der Waals surface area contributed by atoms with Crippen LogP contribution in [-0.2, 0) is 32.0 Å². The second kappa shape index (κ2) is 9.70. The van der Waals surface area contributed by atoms with Crippen molar-refractivity contribution in [2.75, 3.05) is 26.3 Å². The maximum Gasteiger partial charge on any atom is 0.410 e. The maximum absolute atomic E-state index is 12.4. The highest BCUT2D eigenvalue weighted by Crippen LogP contribution is 2.35. The highest BCUT2D eigenvalue weighted by molar-refractivity contribution is 5.70. The van der Waals surface area contributed by atoms with Gasteiger partial charge in [0, 0.05) is 32.9 Å². The molecule has 2 aromatic carbocycles. The minimum atomic E-state index is -0.640. The maximum atomic E-state index is 12.4. The number of nitrogens with zero attached hydrogens (tertiary/aromatic N) is 1. The van der Waals surface area contributed by atoms with Crippen LogP contribution in [0, 0.1) is 0 Å². The van der Waals surface area contributed by atoms with Crippen molar-refractivity contribution in [3.8, 4) is 11.5 Å². The zero-order valence-electron chi connectivity index (χ0n) is 19.2. The number of fused-ring (bicyclic) bond motifs is 1. The Bertz CT molecular complexity index is 1000. The molecule has 33 heavy (non-hydrogen) atoms. The number of rotatable bonds is 8. The summed E-state index contributed by atoms with van der Waals surface area (Å²) >= 11 is 0. The van der Waals surface area contributed by atoms with Gasteiger partial charge >= 0.3 is 12.1 Å². The zero-order valence-corrected chi connectivity index (χ0v) is 19.2. The molecule has 0 spiro atoms. The van der Waals surface area contributed by atoms with Crippen LogP contribution in [0.1, 0.15) is 43.6 Å². The van der Waals surface area contributed by atoms with Crippen molar-refractivity contribution >= 4 is 12.1 Å². The average molecular weight is 456 g/mol. The zero-order chi connectivity index (χ0) is 23.4. The average Bonchev–Trinajstić information content (AvgIpc) is 3.15. The monoisotopic (exact) mass is 455 g/mol. The molecule has 4 rings (SSSR count). The summed E-state index contributed by atoms with van der Waals surface area (Å²) in [7, 11) is 0. The molecule has 1 atom stereocenters. The molecule has 2 aromatic rings. The topological polar surface area (TPSA) is 83.5 Å². The van der Waals surface area contributed by atoms with Crippen LogP contribution in [0.5, 0.6) is 11.5 Å². The van der Waals surface area contributed by atoms with Crippen LogP contribution in [0.25, 0.3) is 0 Å². The molecular formula is C25H29NO7. The number of amides is 1. The fraction of sp³-hybridized carbons (Fsp3) is 0.440. The van der Waals surface area contributed by atoms with Crippen molar-refractivity contribution in [2.45, 2.75) is 45.7 Å². The predicted octanol–water partition coefficient (Wildman–Crippen LogP) is 4.01. The van der Waals surface area contributed by atoms with Gasteiger partial charge in [-0.2, -0.15) is 0 Å². The Hall–Kier alpha value is -3.26. The van der Waals surface area contributed by atoms with Gasteiger partial charge in [-0.05, 0) is 41.8 Å². The number of ether oxygens (including phenoxy) is 5. The van der Waals surface area contributed by atoms with E-state index in [9.17, 15) is 9.59 Å². The van der Waals surface area contributed by atoms with Crippen molar-refractivity contribution in [3.63, 3.8) is 0 Å². The first-order chi connectivity index (χ1) is 15.8. The highest BCUT2D eigenvalue weighted by Gasteiger charge is 2.33. The predicted molar refractivity (Wildman–Crippen MR) is 119 cm³/mol. The van der Waals surface area contributed by atoms with Gasteiger partial charge in [0.05, 0.1) is 13.2 Å². The standard InChI is InChI=1S/C25H29NO7/c1-17(27)29-12-13-30-21-7-4-18(5-8-21)10-11-26-15-23(32-24(26)28)19-6-9-22-20(14-19)16-31-25(2,3)33-22/h4-9,14,23H,10-13,15-16H2,1-3H3. The highest BCUT2D eigenvalue weighted by atomic mass is 16.7.